The van der Waals surface area contributed by atoms with Crippen LogP contribution in [0.15, 0.2) is 326 Å². The van der Waals surface area contributed by atoms with Gasteiger partial charge in [0.1, 0.15) is 11.6 Å². The quantitative estimate of drug-likeness (QED) is 0.0773. The van der Waals surface area contributed by atoms with E-state index in [1.165, 1.54) is 126 Å². The number of benzene rings is 15. The maximum absolute atomic E-state index is 10.9. The lowest BCUT2D eigenvalue weighted by atomic mass is 9.85. The molecule has 0 saturated heterocycles. The third-order valence-electron chi connectivity index (χ3n) is 19.9. The largest absolute Gasteiger partial charge is 0.398 e. The number of nitrogens with zero attached hydrogens (tertiary/aromatic N) is 5. The standard InChI is InChI=1S/C45H28N2.C19H11BrN2.C13H9NO2.C13H11N/c1-2-11-29(12-3-1)30-21-23-31(24-22-30)42-35-14-4-6-16-37(35)43(38-17-7-5-15-36(38)42)32-25-27-33(28-26-32)45-46-40-19-10-18-39-34-13-8-9-20-41(34)47(45)44(39)40;20-13-10-8-12(9-11-13)19-21-16-6-3-5-15-14-4-1-2-7-17(14)22(19)18(15)16;15-14(16)13-7-3-6-11-10-5-2-1-4-9(10)8-12(11)13;14-13-7-3-6-11-10-5-2-1-4-9(10)8-12(11)13/h1-28H;1-11H;1-7H,8H2;1-7H,8,14H2. The molecule has 2 aliphatic rings. The number of nitrogens with two attached hydrogens (primary N) is 1. The molecule has 15 aromatic carbocycles. The molecule has 2 aliphatic carbocycles. The van der Waals surface area contributed by atoms with Crippen LogP contribution < -0.4 is 5.73 Å². The molecule has 2 N–H and O–H groups in total. The van der Waals surface area contributed by atoms with E-state index in [0.717, 1.165) is 67.1 Å². The summed E-state index contributed by atoms with van der Waals surface area (Å²) in [4.78, 5) is 20.6. The molecule has 0 aliphatic heterocycles. The lowest BCUT2D eigenvalue weighted by Gasteiger charge is -2.18. The molecule has 19 aromatic rings. The first kappa shape index (κ1) is 59.0. The average Bonchev–Trinajstić information content (AvgIpc) is 1.63. The molecule has 0 spiro atoms. The van der Waals surface area contributed by atoms with Gasteiger partial charge in [0.05, 0.1) is 38.0 Å². The van der Waals surface area contributed by atoms with Crippen molar-refractivity contribution in [2.75, 3.05) is 5.73 Å². The number of hydrogen-bond acceptors (Lipinski definition) is 5. The fourth-order valence-electron chi connectivity index (χ4n) is 15.4. The van der Waals surface area contributed by atoms with E-state index in [-0.39, 0.29) is 10.6 Å². The smallest absolute Gasteiger partial charge is 0.273 e. The second-order valence-corrected chi connectivity index (χ2v) is 26.3. The number of para-hydroxylation sites is 4. The fraction of sp³-hybridized carbons (Fsp3) is 0.0222. The van der Waals surface area contributed by atoms with Gasteiger partial charge >= 0.3 is 0 Å². The summed E-state index contributed by atoms with van der Waals surface area (Å²) >= 11 is 3.50. The van der Waals surface area contributed by atoms with Gasteiger partial charge in [-0.15, -0.1) is 0 Å². The molecule has 0 radical (unpaired) electrons. The van der Waals surface area contributed by atoms with E-state index in [9.17, 15) is 10.1 Å². The number of halogens is 1. The highest BCUT2D eigenvalue weighted by Gasteiger charge is 2.27. The van der Waals surface area contributed by atoms with Gasteiger partial charge in [0.15, 0.2) is 0 Å². The molecule has 9 heteroatoms. The Morgan fingerprint density at radius 2 is 0.697 bits per heavy atom. The Bertz CT molecular complexity index is 6280. The average molecular weight is 1340 g/mol. The Hall–Kier alpha value is -12.6. The highest BCUT2D eigenvalue weighted by Crippen LogP contribution is 2.47. The zero-order chi connectivity index (χ0) is 66.2. The predicted molar refractivity (Wildman–Crippen MR) is 413 cm³/mol. The highest BCUT2D eigenvalue weighted by atomic mass is 79.9. The number of fused-ring (bicyclic) bond motifs is 14. The second-order valence-electron chi connectivity index (χ2n) is 25.4. The number of nitro groups is 1. The van der Waals surface area contributed by atoms with Gasteiger partial charge in [-0.3, -0.25) is 18.9 Å². The Balaban J connectivity index is 0.000000111. The van der Waals surface area contributed by atoms with Gasteiger partial charge in [0, 0.05) is 67.3 Å². The van der Waals surface area contributed by atoms with Crippen LogP contribution in [0.25, 0.3) is 155 Å². The Morgan fingerprint density at radius 1 is 0.333 bits per heavy atom. The third-order valence-corrected chi connectivity index (χ3v) is 20.4. The molecule has 21 rings (SSSR count). The molecule has 99 heavy (non-hydrogen) atoms. The molecular formula is C90H59BrN6O2. The van der Waals surface area contributed by atoms with Gasteiger partial charge in [0.25, 0.3) is 5.69 Å². The SMILES string of the molecule is Brc1ccc(-c2nc3cccc4c5ccccc5n2c34)cc1.Nc1cccc2c1Cc1ccccc1-2.O=[N+]([O-])c1cccc2c1Cc1ccccc1-2.c1ccc(-c2ccc(-c3c4ccccc4c(-c4ccc(-c5nc6cccc7c8ccccc8n5c67)cc4)c4ccccc34)cc2)cc1. The van der Waals surface area contributed by atoms with E-state index < -0.39 is 0 Å². The van der Waals surface area contributed by atoms with E-state index in [0.29, 0.717) is 6.42 Å². The molecule has 4 heterocycles. The number of rotatable bonds is 6. The van der Waals surface area contributed by atoms with Gasteiger partial charge < -0.3 is 5.73 Å². The van der Waals surface area contributed by atoms with Gasteiger partial charge in [-0.05, 0) is 136 Å². The number of nitrogen functional groups attached to an aromatic ring is 1. The van der Waals surface area contributed by atoms with Crippen LogP contribution in [0.1, 0.15) is 22.3 Å². The maximum Gasteiger partial charge on any atom is 0.273 e. The molecule has 0 atom stereocenters. The van der Waals surface area contributed by atoms with Gasteiger partial charge in [0.2, 0.25) is 0 Å². The van der Waals surface area contributed by atoms with Crippen LogP contribution >= 0.6 is 15.9 Å². The van der Waals surface area contributed by atoms with E-state index >= 15 is 0 Å². The number of anilines is 1. The van der Waals surface area contributed by atoms with Crippen molar-refractivity contribution in [1.29, 1.82) is 0 Å². The maximum atomic E-state index is 10.9. The molecule has 0 amide bonds. The second kappa shape index (κ2) is 24.3. The fourth-order valence-corrected chi connectivity index (χ4v) is 15.7. The van der Waals surface area contributed by atoms with E-state index in [1.54, 1.807) is 12.1 Å². The van der Waals surface area contributed by atoms with Crippen molar-refractivity contribution in [1.82, 2.24) is 18.8 Å². The van der Waals surface area contributed by atoms with Crippen LogP contribution in [0.4, 0.5) is 11.4 Å². The van der Waals surface area contributed by atoms with E-state index in [1.807, 2.05) is 42.5 Å². The van der Waals surface area contributed by atoms with Crippen LogP contribution in [-0.4, -0.2) is 23.7 Å². The van der Waals surface area contributed by atoms with Crippen molar-refractivity contribution < 1.29 is 4.92 Å². The van der Waals surface area contributed by atoms with E-state index in [2.05, 4.69) is 292 Å². The normalized spacial score (nSPS) is 11.9. The topological polar surface area (TPSA) is 104 Å². The minimum atomic E-state index is -0.301. The van der Waals surface area contributed by atoms with Crippen LogP contribution in [0, 0.1) is 10.1 Å². The molecule has 0 bridgehead atoms. The lowest BCUT2D eigenvalue weighted by Crippen LogP contribution is -1.93. The third kappa shape index (κ3) is 10.0. The van der Waals surface area contributed by atoms with Crippen LogP contribution in [0.5, 0.6) is 0 Å². The lowest BCUT2D eigenvalue weighted by molar-refractivity contribution is -0.385. The summed E-state index contributed by atoms with van der Waals surface area (Å²) in [6, 6.07) is 113. The molecule has 8 nitrogen and oxygen atoms in total. The molecular weight excluding hydrogens is 1280 g/mol. The Labute approximate surface area is 578 Å². The summed E-state index contributed by atoms with van der Waals surface area (Å²) in [6.07, 6.45) is 1.65. The molecule has 4 aromatic heterocycles. The minimum absolute atomic E-state index is 0.230. The zero-order valence-electron chi connectivity index (χ0n) is 53.5. The first-order valence-corrected chi connectivity index (χ1v) is 34.1. The van der Waals surface area contributed by atoms with Crippen molar-refractivity contribution in [3.05, 3.63) is 358 Å². The number of aromatic nitrogens is 4. The van der Waals surface area contributed by atoms with Crippen LogP contribution in [0.3, 0.4) is 0 Å². The molecule has 0 saturated carbocycles. The zero-order valence-corrected chi connectivity index (χ0v) is 55.1. The highest BCUT2D eigenvalue weighted by molar-refractivity contribution is 9.10. The van der Waals surface area contributed by atoms with Gasteiger partial charge in [-0.2, -0.15) is 0 Å². The van der Waals surface area contributed by atoms with Gasteiger partial charge in [-0.25, -0.2) is 9.97 Å². The van der Waals surface area contributed by atoms with Crippen molar-refractivity contribution in [2.45, 2.75) is 12.8 Å². The number of imidazole rings is 2. The van der Waals surface area contributed by atoms with Crippen molar-refractivity contribution >= 4 is 103 Å². The number of hydrogen-bond donors (Lipinski definition) is 1. The first-order chi connectivity index (χ1) is 48.8. The van der Waals surface area contributed by atoms with Gasteiger partial charge in [-0.1, -0.05) is 289 Å². The molecule has 0 unspecified atom stereocenters. The van der Waals surface area contributed by atoms with Crippen LogP contribution in [0.2, 0.25) is 0 Å². The Kier molecular flexibility index (Phi) is 14.5. The molecule has 468 valence electrons. The first-order valence-electron chi connectivity index (χ1n) is 33.3. The summed E-state index contributed by atoms with van der Waals surface area (Å²) in [7, 11) is 0. The van der Waals surface area contributed by atoms with Crippen LogP contribution in [-0.2, 0) is 12.8 Å². The summed E-state index contributed by atoms with van der Waals surface area (Å²) in [6.45, 7) is 0. The summed E-state index contributed by atoms with van der Waals surface area (Å²) < 4.78 is 5.69. The van der Waals surface area contributed by atoms with Crippen molar-refractivity contribution in [3.8, 4) is 78.4 Å². The minimum Gasteiger partial charge on any atom is -0.398 e. The summed E-state index contributed by atoms with van der Waals surface area (Å²) in [5.74, 6) is 1.98. The number of nitro benzene ring substituents is 1. The Morgan fingerprint density at radius 3 is 1.20 bits per heavy atom. The summed E-state index contributed by atoms with van der Waals surface area (Å²) in [5, 5.41) is 21.0. The summed E-state index contributed by atoms with van der Waals surface area (Å²) in [5.41, 5.74) is 33.1. The van der Waals surface area contributed by atoms with Crippen molar-refractivity contribution in [2.24, 2.45) is 0 Å². The van der Waals surface area contributed by atoms with Crippen molar-refractivity contribution in [3.63, 3.8) is 0 Å². The monoisotopic (exact) mass is 1330 g/mol. The molecule has 0 fully saturated rings. The van der Waals surface area contributed by atoms with E-state index in [4.69, 9.17) is 15.7 Å². The predicted octanol–water partition coefficient (Wildman–Crippen LogP) is 23.6.